The normalized spacial score (nSPS) is 15.9. The molecule has 0 aliphatic carbocycles. The van der Waals surface area contributed by atoms with E-state index in [9.17, 15) is 14.0 Å². The summed E-state index contributed by atoms with van der Waals surface area (Å²) in [4.78, 5) is 28.8. The number of cyclic esters (lactones) is 1. The summed E-state index contributed by atoms with van der Waals surface area (Å²) in [6.07, 6.45) is 4.01. The molecular weight excluding hydrogens is 389 g/mol. The first-order valence-corrected chi connectivity index (χ1v) is 9.41. The third-order valence-electron chi connectivity index (χ3n) is 4.73. The van der Waals surface area contributed by atoms with Gasteiger partial charge in [0.2, 0.25) is 5.91 Å². The molecule has 1 aromatic carbocycles. The van der Waals surface area contributed by atoms with E-state index >= 15 is 0 Å². The highest BCUT2D eigenvalue weighted by molar-refractivity contribution is 5.90. The molecule has 2 aromatic heterocycles. The van der Waals surface area contributed by atoms with Gasteiger partial charge in [-0.25, -0.2) is 13.9 Å². The first-order chi connectivity index (χ1) is 14.4. The molecule has 9 heteroatoms. The Morgan fingerprint density at radius 3 is 2.83 bits per heavy atom. The number of hydrogen-bond donors (Lipinski definition) is 1. The van der Waals surface area contributed by atoms with Crippen molar-refractivity contribution in [3.8, 4) is 16.9 Å². The van der Waals surface area contributed by atoms with E-state index < -0.39 is 18.0 Å². The van der Waals surface area contributed by atoms with Crippen LogP contribution in [0.1, 0.15) is 12.5 Å². The molecule has 0 saturated carbocycles. The van der Waals surface area contributed by atoms with Crippen molar-refractivity contribution in [1.82, 2.24) is 20.1 Å². The van der Waals surface area contributed by atoms with Crippen molar-refractivity contribution in [2.75, 3.05) is 18.0 Å². The fourth-order valence-electron chi connectivity index (χ4n) is 3.17. The van der Waals surface area contributed by atoms with E-state index in [1.165, 1.54) is 22.6 Å². The van der Waals surface area contributed by atoms with Crippen molar-refractivity contribution in [2.45, 2.75) is 20.0 Å². The predicted octanol–water partition coefficient (Wildman–Crippen LogP) is 2.84. The van der Waals surface area contributed by atoms with Gasteiger partial charge >= 0.3 is 6.09 Å². The monoisotopic (exact) mass is 409 g/mol. The molecule has 4 rings (SSSR count). The van der Waals surface area contributed by atoms with Crippen LogP contribution in [-0.2, 0) is 9.53 Å². The molecule has 1 saturated heterocycles. The van der Waals surface area contributed by atoms with E-state index in [-0.39, 0.29) is 24.7 Å². The second-order valence-electron chi connectivity index (χ2n) is 7.08. The molecule has 1 fully saturated rings. The van der Waals surface area contributed by atoms with Gasteiger partial charge in [-0.15, -0.1) is 0 Å². The molecule has 154 valence electrons. The summed E-state index contributed by atoms with van der Waals surface area (Å²) < 4.78 is 21.5. The second-order valence-corrected chi connectivity index (χ2v) is 7.08. The molecule has 0 unspecified atom stereocenters. The van der Waals surface area contributed by atoms with Crippen LogP contribution in [0.2, 0.25) is 0 Å². The minimum Gasteiger partial charge on any atom is -0.442 e. The third kappa shape index (κ3) is 4.00. The lowest BCUT2D eigenvalue weighted by Gasteiger charge is -2.14. The molecule has 3 heterocycles. The zero-order valence-electron chi connectivity index (χ0n) is 16.5. The fraction of sp³-hybridized carbons (Fsp3) is 0.238. The molecule has 0 spiro atoms. The Morgan fingerprint density at radius 2 is 2.13 bits per heavy atom. The summed E-state index contributed by atoms with van der Waals surface area (Å²) >= 11 is 0. The standard InChI is InChI=1S/C21H20FN5O3/c1-13-3-5-19(24-8-13)15-9-25-27(11-15)20-6-4-16(7-18(20)22)26-12-17(30-21(26)29)10-23-14(2)28/h3-9,11,17H,10,12H2,1-2H3,(H,23,28)/t17-/m0/s1. The fourth-order valence-corrected chi connectivity index (χ4v) is 3.17. The van der Waals surface area contributed by atoms with Crippen LogP contribution in [0.4, 0.5) is 14.9 Å². The molecule has 1 aliphatic heterocycles. The van der Waals surface area contributed by atoms with E-state index in [1.54, 1.807) is 30.7 Å². The number of nitrogens with one attached hydrogen (secondary N) is 1. The second kappa shape index (κ2) is 7.94. The van der Waals surface area contributed by atoms with Crippen LogP contribution >= 0.6 is 0 Å². The maximum Gasteiger partial charge on any atom is 0.414 e. The lowest BCUT2D eigenvalue weighted by molar-refractivity contribution is -0.119. The number of hydrogen-bond acceptors (Lipinski definition) is 5. The van der Waals surface area contributed by atoms with Crippen molar-refractivity contribution in [1.29, 1.82) is 0 Å². The van der Waals surface area contributed by atoms with Gasteiger partial charge in [0.15, 0.2) is 5.82 Å². The topological polar surface area (TPSA) is 89.4 Å². The van der Waals surface area contributed by atoms with Crippen LogP contribution < -0.4 is 10.2 Å². The number of pyridine rings is 1. The molecule has 3 aromatic rings. The number of halogens is 1. The smallest absolute Gasteiger partial charge is 0.414 e. The largest absolute Gasteiger partial charge is 0.442 e. The van der Waals surface area contributed by atoms with Gasteiger partial charge in [0.05, 0.1) is 30.7 Å². The Morgan fingerprint density at radius 1 is 1.30 bits per heavy atom. The van der Waals surface area contributed by atoms with Crippen LogP contribution in [0.5, 0.6) is 0 Å². The van der Waals surface area contributed by atoms with Crippen molar-refractivity contribution in [3.63, 3.8) is 0 Å². The summed E-state index contributed by atoms with van der Waals surface area (Å²) in [6, 6.07) is 8.28. The summed E-state index contributed by atoms with van der Waals surface area (Å²) in [5.41, 5.74) is 3.18. The maximum absolute atomic E-state index is 14.8. The molecule has 1 N–H and O–H groups in total. The number of carbonyl (C=O) groups excluding carboxylic acids is 2. The van der Waals surface area contributed by atoms with Crippen LogP contribution in [0.15, 0.2) is 48.9 Å². The number of rotatable bonds is 5. The van der Waals surface area contributed by atoms with E-state index in [1.807, 2.05) is 19.1 Å². The van der Waals surface area contributed by atoms with Crippen LogP contribution in [0.3, 0.4) is 0 Å². The first kappa shape index (κ1) is 19.6. The third-order valence-corrected chi connectivity index (χ3v) is 4.73. The average Bonchev–Trinajstić information content (AvgIpc) is 3.34. The Balaban J connectivity index is 1.52. The number of nitrogens with zero attached hydrogens (tertiary/aromatic N) is 4. The molecule has 0 radical (unpaired) electrons. The van der Waals surface area contributed by atoms with Crippen LogP contribution in [-0.4, -0.2) is 46.0 Å². The first-order valence-electron chi connectivity index (χ1n) is 9.41. The number of benzene rings is 1. The Hall–Kier alpha value is -3.75. The Labute approximate surface area is 172 Å². The lowest BCUT2D eigenvalue weighted by atomic mass is 10.2. The molecule has 30 heavy (non-hydrogen) atoms. The van der Waals surface area contributed by atoms with Gasteiger partial charge in [0.1, 0.15) is 11.8 Å². The number of carbonyl (C=O) groups is 2. The molecular formula is C21H20FN5O3. The average molecular weight is 409 g/mol. The minimum absolute atomic E-state index is 0.209. The van der Waals surface area contributed by atoms with Crippen molar-refractivity contribution >= 4 is 17.7 Å². The number of ether oxygens (including phenoxy) is 1. The van der Waals surface area contributed by atoms with Crippen molar-refractivity contribution in [3.05, 3.63) is 60.3 Å². The summed E-state index contributed by atoms with van der Waals surface area (Å²) in [5, 5.41) is 6.84. The minimum atomic E-state index is -0.579. The molecule has 1 aliphatic rings. The number of aromatic nitrogens is 3. The van der Waals surface area contributed by atoms with Gasteiger partial charge in [-0.1, -0.05) is 6.07 Å². The Bertz CT molecular complexity index is 1100. The van der Waals surface area contributed by atoms with Crippen molar-refractivity contribution < 1.29 is 18.7 Å². The number of anilines is 1. The molecule has 2 amide bonds. The Kier molecular flexibility index (Phi) is 5.18. The predicted molar refractivity (Wildman–Crippen MR) is 108 cm³/mol. The van der Waals surface area contributed by atoms with Gasteiger partial charge in [-0.2, -0.15) is 5.10 Å². The number of amides is 2. The van der Waals surface area contributed by atoms with Gasteiger partial charge in [-0.3, -0.25) is 14.7 Å². The summed E-state index contributed by atoms with van der Waals surface area (Å²) in [7, 11) is 0. The van der Waals surface area contributed by atoms with Gasteiger partial charge < -0.3 is 10.1 Å². The summed E-state index contributed by atoms with van der Waals surface area (Å²) in [5.74, 6) is -0.739. The van der Waals surface area contributed by atoms with E-state index in [0.717, 1.165) is 16.8 Å². The highest BCUT2D eigenvalue weighted by Crippen LogP contribution is 2.26. The molecule has 0 bridgehead atoms. The SMILES string of the molecule is CC(=O)NC[C@H]1CN(c2ccc(-n3cc(-c4ccc(C)cn4)cn3)c(F)c2)C(=O)O1. The van der Waals surface area contributed by atoms with Crippen LogP contribution in [0.25, 0.3) is 16.9 Å². The van der Waals surface area contributed by atoms with E-state index in [0.29, 0.717) is 5.69 Å². The zero-order valence-corrected chi connectivity index (χ0v) is 16.5. The molecule has 8 nitrogen and oxygen atoms in total. The highest BCUT2D eigenvalue weighted by atomic mass is 19.1. The van der Waals surface area contributed by atoms with Gasteiger partial charge in [-0.05, 0) is 36.8 Å². The maximum atomic E-state index is 14.8. The quantitative estimate of drug-likeness (QED) is 0.700. The van der Waals surface area contributed by atoms with Crippen molar-refractivity contribution in [2.24, 2.45) is 0 Å². The lowest BCUT2D eigenvalue weighted by Crippen LogP contribution is -2.33. The van der Waals surface area contributed by atoms with E-state index in [2.05, 4.69) is 15.4 Å². The van der Waals surface area contributed by atoms with Gasteiger partial charge in [0.25, 0.3) is 0 Å². The molecule has 1 atom stereocenters. The summed E-state index contributed by atoms with van der Waals surface area (Å²) in [6.45, 7) is 3.78. The van der Waals surface area contributed by atoms with Gasteiger partial charge in [0, 0.05) is 24.9 Å². The highest BCUT2D eigenvalue weighted by Gasteiger charge is 2.32. The van der Waals surface area contributed by atoms with Crippen LogP contribution in [0, 0.1) is 12.7 Å². The number of aryl methyl sites for hydroxylation is 1. The zero-order chi connectivity index (χ0) is 21.3. The van der Waals surface area contributed by atoms with E-state index in [4.69, 9.17) is 4.74 Å².